The number of amides is 9. The standard InChI is InChI=1S/C91H106F2N16O15/c1-51(94-9)81(113)100-79(90(3,4)5)87(119)106-34-32-72-76(106)85(117)97-70(43-56-21-27-59-17-13-15-19-61(59)38-56)84(116)98-71(89(121)122-11)42-54-24-30-67(31-25-54)124-50-65-48-109(105-103-65)73-33-35-107(88(120)80(91(6,7)8)101-82(114)52(2)95-10)77(73)86(118)99-75(111)45-62(39-55-20-26-58-16-12-14-18-60(58)37-55)74(110)44-63(83(115)96-46-57-40-68(92)78(112)69(93)41-57)36-53-22-28-66(29-23-53)123-49-64-47-108(72)104-102-64/h12-31,37-38,40-41,47-48,51-52,62-63,70-73,76-77,79-80,94-95,112H,32-36,39,42-46,49-50H2,1-11H3,(H,96,115)(H,97,117)(H,98,116)(H,100,113)(H,101,114)(H,99,111,118)/t51-,52-,62+,63+,70-,71-,72+,73+,76-,77-,79+,80+/m0/s1. The first kappa shape index (κ1) is 90.3. The Balaban J connectivity index is 0.909. The van der Waals surface area contributed by atoms with Crippen LogP contribution >= 0.6 is 0 Å². The Morgan fingerprint density at radius 1 is 0.565 bits per heavy atom. The number of halogens is 2. The summed E-state index contributed by atoms with van der Waals surface area (Å²) >= 11 is 0. The predicted octanol–water partition coefficient (Wildman–Crippen LogP) is 6.85. The third-order valence-corrected chi connectivity index (χ3v) is 23.1. The van der Waals surface area contributed by atoms with Gasteiger partial charge in [-0.2, -0.15) is 0 Å². The lowest BCUT2D eigenvalue weighted by atomic mass is 9.84. The Morgan fingerprint density at radius 3 is 1.51 bits per heavy atom. The first-order valence-corrected chi connectivity index (χ1v) is 41.4. The highest BCUT2D eigenvalue weighted by molar-refractivity contribution is 6.03. The van der Waals surface area contributed by atoms with E-state index in [-0.39, 0.29) is 81.8 Å². The van der Waals surface area contributed by atoms with Gasteiger partial charge in [-0.15, -0.1) is 10.2 Å². The third kappa shape index (κ3) is 22.1. The number of imide groups is 1. The van der Waals surface area contributed by atoms with Gasteiger partial charge in [0.25, 0.3) is 5.91 Å². The number of hydrogen-bond acceptors (Lipinski definition) is 21. The van der Waals surface area contributed by atoms with Crippen LogP contribution in [0.4, 0.5) is 8.78 Å². The fourth-order valence-corrected chi connectivity index (χ4v) is 15.9. The molecule has 0 unspecified atom stereocenters. The molecule has 8 bridgehead atoms. The molecule has 12 atom stereocenters. The van der Waals surface area contributed by atoms with Crippen molar-refractivity contribution in [2.75, 3.05) is 34.3 Å². The summed E-state index contributed by atoms with van der Waals surface area (Å²) < 4.78 is 50.2. The van der Waals surface area contributed by atoms with Gasteiger partial charge in [0.05, 0.1) is 43.7 Å². The van der Waals surface area contributed by atoms with Gasteiger partial charge in [-0.1, -0.05) is 161 Å². The van der Waals surface area contributed by atoms with Crippen LogP contribution in [0.3, 0.4) is 0 Å². The van der Waals surface area contributed by atoms with Gasteiger partial charge in [-0.3, -0.25) is 53.3 Å². The van der Waals surface area contributed by atoms with E-state index in [4.69, 9.17) is 14.2 Å². The van der Waals surface area contributed by atoms with Gasteiger partial charge < -0.3 is 66.3 Å². The largest absolute Gasteiger partial charge is 0.503 e. The number of ketones is 1. The number of nitrogens with zero attached hydrogens (tertiary/aromatic N) is 8. The van der Waals surface area contributed by atoms with E-state index in [1.807, 2.05) is 78.9 Å². The van der Waals surface area contributed by atoms with E-state index in [0.717, 1.165) is 33.7 Å². The lowest BCUT2D eigenvalue weighted by Crippen LogP contribution is -2.61. The Kier molecular flexibility index (Phi) is 28.8. The second kappa shape index (κ2) is 39.5. The van der Waals surface area contributed by atoms with Gasteiger partial charge in [-0.05, 0) is 150 Å². The zero-order valence-corrected chi connectivity index (χ0v) is 71.1. The number of phenols is 1. The smallest absolute Gasteiger partial charge is 0.328 e. The van der Waals surface area contributed by atoms with Gasteiger partial charge in [0, 0.05) is 57.2 Å². The second-order valence-electron chi connectivity index (χ2n) is 34.2. The maximum atomic E-state index is 15.8. The van der Waals surface area contributed by atoms with E-state index < -0.39 is 185 Å². The molecule has 9 aromatic rings. The molecule has 2 aromatic heterocycles. The molecule has 0 aliphatic carbocycles. The minimum Gasteiger partial charge on any atom is -0.503 e. The SMILES string of the molecule is CN[C@@H](C)C(=O)N[C@H](C(=O)N1CC[C@@H]2[C@H]1C(=O)NC(=O)C[C@@H](Cc1ccc3ccccc3c1)C(=O)C[C@H](C(=O)NCc1cc(F)c(O)c(F)c1)Cc1ccc(cc1)OCc1cn(nn1)[C@@H]1CCN(C(=O)[C@@H](NC(=O)[C@H](C)NC)C(C)(C)C)[C@@H]1C(=O)N[C@@H](Cc1ccc3ccccc3c1)C(=O)N[C@H](C(=O)OC)Cc1ccc(cc1)OCc1cn2nn1)C(C)(C)C. The van der Waals surface area contributed by atoms with E-state index in [2.05, 4.69) is 63.2 Å². The first-order valence-electron chi connectivity index (χ1n) is 41.4. The van der Waals surface area contributed by atoms with E-state index in [9.17, 15) is 37.9 Å². The minimum atomic E-state index is -1.49. The fourth-order valence-electron chi connectivity index (χ4n) is 15.9. The molecule has 2 fully saturated rings. The molecular formula is C91H106F2N16O15. The van der Waals surface area contributed by atoms with Crippen molar-refractivity contribution in [3.63, 3.8) is 0 Å². The van der Waals surface area contributed by atoms with E-state index in [1.54, 1.807) is 130 Å². The van der Waals surface area contributed by atoms with Crippen molar-refractivity contribution in [1.29, 1.82) is 0 Å². The van der Waals surface area contributed by atoms with Gasteiger partial charge in [-0.25, -0.2) is 22.9 Å². The summed E-state index contributed by atoms with van der Waals surface area (Å²) in [4.78, 5) is 166. The third-order valence-electron chi connectivity index (χ3n) is 23.1. The molecule has 33 heteroatoms. The average molecular weight is 1700 g/mol. The van der Waals surface area contributed by atoms with Crippen LogP contribution in [-0.2, 0) is 103 Å². The number of esters is 1. The van der Waals surface area contributed by atoms with E-state index in [0.29, 0.717) is 33.8 Å². The summed E-state index contributed by atoms with van der Waals surface area (Å²) in [5.74, 6) is -13.3. The molecule has 2 saturated heterocycles. The number of rotatable bonds is 16. The number of phenolic OH excluding ortho intramolecular Hbond substituents is 1. The highest BCUT2D eigenvalue weighted by Crippen LogP contribution is 2.36. The molecular weight excluding hydrogens is 1600 g/mol. The summed E-state index contributed by atoms with van der Waals surface area (Å²) in [5, 5.41) is 53.8. The van der Waals surface area contributed by atoms with Gasteiger partial charge in [0.1, 0.15) is 78.1 Å². The van der Waals surface area contributed by atoms with E-state index >= 15 is 28.8 Å². The number of ether oxygens (including phenoxy) is 3. The fraction of sp³-hybridized carbons (Fsp3) is 0.418. The number of Topliss-reactive ketones (excluding diaryl/α,β-unsaturated/α-hetero) is 1. The lowest BCUT2D eigenvalue weighted by Gasteiger charge is -2.37. The average Bonchev–Trinajstić information content (AvgIpc) is 1.62. The molecule has 31 nitrogen and oxygen atoms in total. The van der Waals surface area contributed by atoms with Crippen LogP contribution in [0.15, 0.2) is 158 Å². The highest BCUT2D eigenvalue weighted by Gasteiger charge is 2.51. The molecule has 6 aliphatic heterocycles. The van der Waals surface area contributed by atoms with Gasteiger partial charge >= 0.3 is 5.97 Å². The summed E-state index contributed by atoms with van der Waals surface area (Å²) in [5.41, 5.74) is 0.941. The summed E-state index contributed by atoms with van der Waals surface area (Å²) in [6.07, 6.45) is 1.76. The molecule has 0 saturated carbocycles. The first-order chi connectivity index (χ1) is 59.1. The summed E-state index contributed by atoms with van der Waals surface area (Å²) in [7, 11) is 4.37. The number of benzene rings is 7. The van der Waals surface area contributed by atoms with Gasteiger partial charge in [0.15, 0.2) is 17.4 Å². The second-order valence-corrected chi connectivity index (χ2v) is 34.2. The number of carbonyl (C=O) groups excluding carboxylic acids is 11. The molecule has 15 rings (SSSR count). The minimum absolute atomic E-state index is 0.0220. The van der Waals surface area contributed by atoms with Crippen LogP contribution in [0.2, 0.25) is 0 Å². The molecule has 9 amide bonds. The van der Waals surface area contributed by atoms with E-state index in [1.165, 1.54) is 32.5 Å². The number of aromatic nitrogens is 6. The Bertz CT molecular complexity index is 5420. The number of likely N-dealkylation sites (N-methyl/N-ethyl adjacent to an activating group) is 2. The predicted molar refractivity (Wildman–Crippen MR) is 453 cm³/mol. The van der Waals surface area contributed by atoms with Crippen LogP contribution in [-0.4, -0.2) is 192 Å². The normalized spacial score (nSPS) is 20.8. The van der Waals surface area contributed by atoms with Gasteiger partial charge in [0.2, 0.25) is 47.3 Å². The van der Waals surface area contributed by atoms with Crippen LogP contribution in [0, 0.1) is 34.3 Å². The number of fused-ring (bicyclic) bond motifs is 2. The highest BCUT2D eigenvalue weighted by atomic mass is 19.1. The van der Waals surface area contributed by atoms with Crippen molar-refractivity contribution in [1.82, 2.24) is 82.3 Å². The van der Waals surface area contributed by atoms with Crippen LogP contribution < -0.4 is 52.0 Å². The number of carbonyl (C=O) groups is 11. The number of hydrogen-bond donors (Lipinski definition) is 9. The van der Waals surface area contributed by atoms with Crippen LogP contribution in [0.1, 0.15) is 132 Å². The topological polar surface area (TPSA) is 400 Å². The Labute approximate surface area is 716 Å². The zero-order chi connectivity index (χ0) is 89.0. The van der Waals surface area contributed by atoms with Crippen LogP contribution in [0.25, 0.3) is 21.5 Å². The Morgan fingerprint density at radius 2 is 1.03 bits per heavy atom. The van der Waals surface area contributed by atoms with Crippen molar-refractivity contribution in [3.05, 3.63) is 209 Å². The molecule has 9 N–H and O–H groups in total. The maximum absolute atomic E-state index is 15.8. The number of likely N-dealkylation sites (tertiary alicyclic amines) is 2. The van der Waals surface area contributed by atoms with Crippen molar-refractivity contribution >= 4 is 86.5 Å². The molecule has 124 heavy (non-hydrogen) atoms. The maximum Gasteiger partial charge on any atom is 0.328 e. The number of nitrogens with one attached hydrogen (secondary N) is 8. The molecule has 0 radical (unpaired) electrons. The Hall–Kier alpha value is -12.9. The van der Waals surface area contributed by atoms with Crippen molar-refractivity contribution < 1.29 is 80.8 Å². The number of methoxy groups -OCH3 is 1. The number of aromatic hydroxyl groups is 1. The summed E-state index contributed by atoms with van der Waals surface area (Å²) in [6, 6.07) is 29.7. The molecule has 0 spiro atoms. The quantitative estimate of drug-likeness (QED) is 0.0353. The lowest BCUT2D eigenvalue weighted by molar-refractivity contribution is -0.146. The van der Waals surface area contributed by atoms with Crippen molar-refractivity contribution in [2.45, 2.75) is 187 Å². The van der Waals surface area contributed by atoms with Crippen molar-refractivity contribution in [2.24, 2.45) is 22.7 Å². The monoisotopic (exact) mass is 1700 g/mol. The molecule has 8 heterocycles. The molecule has 7 aromatic carbocycles. The van der Waals surface area contributed by atoms with Crippen LogP contribution in [0.5, 0.6) is 17.2 Å². The zero-order valence-electron chi connectivity index (χ0n) is 71.1. The molecule has 654 valence electrons. The molecule has 6 aliphatic rings. The summed E-state index contributed by atoms with van der Waals surface area (Å²) in [6.45, 7) is 12.9. The van der Waals surface area contributed by atoms with Crippen molar-refractivity contribution in [3.8, 4) is 17.2 Å².